The van der Waals surface area contributed by atoms with Gasteiger partial charge in [0.25, 0.3) is 0 Å². The van der Waals surface area contributed by atoms with Crippen molar-refractivity contribution >= 4 is 11.1 Å². The first-order valence-corrected chi connectivity index (χ1v) is 8.21. The second-order valence-corrected chi connectivity index (χ2v) is 7.19. The van der Waals surface area contributed by atoms with E-state index in [0.29, 0.717) is 18.4 Å². The molecule has 0 spiro atoms. The maximum absolute atomic E-state index is 12.3. The van der Waals surface area contributed by atoms with Crippen LogP contribution in [0.3, 0.4) is 0 Å². The Morgan fingerprint density at radius 1 is 0.850 bits per heavy atom. The van der Waals surface area contributed by atoms with E-state index in [-0.39, 0.29) is 11.2 Å². The first-order chi connectivity index (χ1) is 9.86. The fourth-order valence-corrected chi connectivity index (χ4v) is 5.90. The molecule has 2 aromatic carbocycles. The van der Waals surface area contributed by atoms with Crippen molar-refractivity contribution in [1.82, 2.24) is 0 Å². The van der Waals surface area contributed by atoms with Crippen molar-refractivity contribution in [3.8, 4) is 0 Å². The Labute approximate surface area is 120 Å². The number of rotatable bonds is 0. The molecule has 6 rings (SSSR count). The third-order valence-corrected chi connectivity index (χ3v) is 6.54. The summed E-state index contributed by atoms with van der Waals surface area (Å²) in [4.78, 5) is 0. The highest BCUT2D eigenvalue weighted by Gasteiger charge is 2.55. The summed E-state index contributed by atoms with van der Waals surface area (Å²) in [7, 11) is 0. The summed E-state index contributed by atoms with van der Waals surface area (Å²) in [5.41, 5.74) is 5.55. The highest BCUT2D eigenvalue weighted by molar-refractivity contribution is 7.81. The minimum atomic E-state index is -1.15. The van der Waals surface area contributed by atoms with Crippen LogP contribution >= 0.6 is 0 Å². The molecule has 0 amide bonds. The largest absolute Gasteiger partial charge is 0.290 e. The maximum atomic E-state index is 12.3. The van der Waals surface area contributed by atoms with E-state index in [1.165, 1.54) is 22.3 Å². The second-order valence-electron chi connectivity index (χ2n) is 5.89. The van der Waals surface area contributed by atoms with E-state index < -0.39 is 11.1 Å². The van der Waals surface area contributed by atoms with Crippen LogP contribution in [-0.2, 0) is 15.3 Å². The normalized spacial score (nSPS) is 36.3. The fraction of sp³-hybridized carbons (Fsp3) is 0.294. The highest BCUT2D eigenvalue weighted by Crippen LogP contribution is 2.58. The number of hydrogen-bond donors (Lipinski definition) is 0. The summed E-state index contributed by atoms with van der Waals surface area (Å²) in [6.45, 7) is 0.626. The summed E-state index contributed by atoms with van der Waals surface area (Å²) in [6, 6.07) is 17.3. The Balaban J connectivity index is 1.86. The van der Waals surface area contributed by atoms with Crippen molar-refractivity contribution in [2.24, 2.45) is 5.92 Å². The number of hydrogen-bond acceptors (Lipinski definition) is 2. The van der Waals surface area contributed by atoms with Crippen LogP contribution < -0.4 is 0 Å². The molecule has 3 atom stereocenters. The van der Waals surface area contributed by atoms with Gasteiger partial charge in [-0.25, -0.2) is 4.21 Å². The van der Waals surface area contributed by atoms with Crippen LogP contribution in [0, 0.1) is 5.92 Å². The van der Waals surface area contributed by atoms with Gasteiger partial charge >= 0.3 is 0 Å². The Morgan fingerprint density at radius 2 is 1.35 bits per heavy atom. The first kappa shape index (κ1) is 11.2. The predicted molar refractivity (Wildman–Crippen MR) is 77.9 cm³/mol. The molecule has 0 radical (unpaired) electrons. The lowest BCUT2D eigenvalue weighted by molar-refractivity contribution is 0.280. The third-order valence-electron chi connectivity index (χ3n) is 5.11. The highest BCUT2D eigenvalue weighted by atomic mass is 32.2. The van der Waals surface area contributed by atoms with Crippen LogP contribution in [0.5, 0.6) is 0 Å². The molecule has 3 heteroatoms. The van der Waals surface area contributed by atoms with Crippen LogP contribution in [0.1, 0.15) is 34.1 Å². The molecule has 100 valence electrons. The van der Waals surface area contributed by atoms with E-state index in [1.54, 1.807) is 0 Å². The van der Waals surface area contributed by atoms with Gasteiger partial charge in [0.2, 0.25) is 0 Å². The third kappa shape index (κ3) is 1.21. The van der Waals surface area contributed by atoms with Gasteiger partial charge in [-0.2, -0.15) is 0 Å². The van der Waals surface area contributed by atoms with Crippen LogP contribution in [0.2, 0.25) is 0 Å². The molecule has 2 aromatic rings. The molecule has 1 heterocycles. The average Bonchev–Trinajstić information content (AvgIpc) is 2.90. The van der Waals surface area contributed by atoms with Gasteiger partial charge in [-0.1, -0.05) is 48.5 Å². The van der Waals surface area contributed by atoms with Crippen LogP contribution in [0.15, 0.2) is 48.5 Å². The zero-order valence-corrected chi connectivity index (χ0v) is 11.7. The summed E-state index contributed by atoms with van der Waals surface area (Å²) >= 11 is -1.15. The summed E-state index contributed by atoms with van der Waals surface area (Å²) < 4.78 is 17.8. The van der Waals surface area contributed by atoms with E-state index >= 15 is 0 Å². The maximum Gasteiger partial charge on any atom is 0.160 e. The molecule has 1 saturated heterocycles. The minimum absolute atomic E-state index is 0.129. The molecule has 1 aliphatic heterocycles. The monoisotopic (exact) mass is 282 g/mol. The topological polar surface area (TPSA) is 26.3 Å². The van der Waals surface area contributed by atoms with Crippen molar-refractivity contribution in [3.63, 3.8) is 0 Å². The second kappa shape index (κ2) is 3.80. The van der Waals surface area contributed by atoms with Gasteiger partial charge in [-0.3, -0.25) is 4.18 Å². The van der Waals surface area contributed by atoms with E-state index in [1.807, 2.05) is 0 Å². The Bertz CT molecular complexity index is 692. The molecular formula is C17H14O2S. The van der Waals surface area contributed by atoms with E-state index in [2.05, 4.69) is 48.5 Å². The van der Waals surface area contributed by atoms with Crippen LogP contribution in [0.4, 0.5) is 0 Å². The summed E-state index contributed by atoms with van der Waals surface area (Å²) in [5.74, 6) is 0.954. The molecule has 0 N–H and O–H groups in total. The number of benzene rings is 2. The lowest BCUT2D eigenvalue weighted by Crippen LogP contribution is -2.42. The van der Waals surface area contributed by atoms with Gasteiger partial charge in [0.15, 0.2) is 11.1 Å². The smallest absolute Gasteiger partial charge is 0.160 e. The van der Waals surface area contributed by atoms with E-state index in [4.69, 9.17) is 4.18 Å². The minimum Gasteiger partial charge on any atom is -0.290 e. The van der Waals surface area contributed by atoms with Gasteiger partial charge in [-0.05, 0) is 22.3 Å². The molecule has 3 aliphatic carbocycles. The van der Waals surface area contributed by atoms with Gasteiger partial charge in [0.05, 0.1) is 11.9 Å². The average molecular weight is 282 g/mol. The lowest BCUT2D eigenvalue weighted by Gasteiger charge is -2.46. The Hall–Kier alpha value is -1.45. The van der Waals surface area contributed by atoms with Crippen LogP contribution in [-0.4, -0.2) is 16.1 Å². The molecule has 1 unspecified atom stereocenters. The Kier molecular flexibility index (Phi) is 2.14. The summed E-state index contributed by atoms with van der Waals surface area (Å²) in [5, 5.41) is 0.129. The van der Waals surface area contributed by atoms with Gasteiger partial charge < -0.3 is 0 Å². The molecule has 1 fully saturated rings. The van der Waals surface area contributed by atoms with Crippen LogP contribution in [0.25, 0.3) is 0 Å². The fourth-order valence-electron chi connectivity index (χ4n) is 4.41. The van der Waals surface area contributed by atoms with Crippen molar-refractivity contribution < 1.29 is 8.39 Å². The molecule has 20 heavy (non-hydrogen) atoms. The molecule has 2 nitrogen and oxygen atoms in total. The quantitative estimate of drug-likeness (QED) is 0.742. The van der Waals surface area contributed by atoms with Crippen molar-refractivity contribution in [2.75, 3.05) is 6.61 Å². The van der Waals surface area contributed by atoms with Gasteiger partial charge in [-0.15, -0.1) is 0 Å². The molecule has 2 bridgehead atoms. The molecule has 0 saturated carbocycles. The molecular weight excluding hydrogens is 268 g/mol. The molecule has 4 aliphatic rings. The zero-order chi connectivity index (χ0) is 13.3. The zero-order valence-electron chi connectivity index (χ0n) is 10.9. The van der Waals surface area contributed by atoms with Gasteiger partial charge in [0, 0.05) is 17.8 Å². The summed E-state index contributed by atoms with van der Waals surface area (Å²) in [6.07, 6.45) is 0. The standard InChI is InChI=1S/C17H14O2S/c18-20-17-14(9-19-20)15-10-5-1-3-7-12(10)16(17)13-8-4-2-6-11(13)15/h1-8,14-17H,9H2/t14-,15?,16?,17-,20?/m0/s1. The van der Waals surface area contributed by atoms with Crippen molar-refractivity contribution in [3.05, 3.63) is 70.8 Å². The first-order valence-electron chi connectivity index (χ1n) is 7.08. The Morgan fingerprint density at radius 3 is 1.90 bits per heavy atom. The SMILES string of the molecule is O=S1OC[C@H]2C3c4ccccc4C(c4ccccc43)[C@H]21. The van der Waals surface area contributed by atoms with E-state index in [9.17, 15) is 4.21 Å². The van der Waals surface area contributed by atoms with Crippen molar-refractivity contribution in [1.29, 1.82) is 0 Å². The predicted octanol–water partition coefficient (Wildman–Crippen LogP) is 2.96. The van der Waals surface area contributed by atoms with E-state index in [0.717, 1.165) is 0 Å². The molecule has 0 aromatic heterocycles. The van der Waals surface area contributed by atoms with Crippen molar-refractivity contribution in [2.45, 2.75) is 17.1 Å². The van der Waals surface area contributed by atoms with Gasteiger partial charge in [0.1, 0.15) is 0 Å². The lowest BCUT2D eigenvalue weighted by atomic mass is 9.59.